The van der Waals surface area contributed by atoms with Crippen molar-refractivity contribution in [2.75, 3.05) is 19.9 Å². The zero-order valence-electron chi connectivity index (χ0n) is 12.0. The molecule has 4 nitrogen and oxygen atoms in total. The summed E-state index contributed by atoms with van der Waals surface area (Å²) in [5.74, 6) is -0.176. The molecule has 0 aliphatic rings. The van der Waals surface area contributed by atoms with Gasteiger partial charge in [0.25, 0.3) is 5.91 Å². The molecule has 0 aliphatic carbocycles. The number of carbonyl (C=O) groups is 1. The Balaban J connectivity index is 2.24. The van der Waals surface area contributed by atoms with Crippen LogP contribution in [0.1, 0.15) is 15.9 Å². The van der Waals surface area contributed by atoms with Crippen LogP contribution in [0, 0.1) is 5.82 Å². The summed E-state index contributed by atoms with van der Waals surface area (Å²) in [6.07, 6.45) is 0. The van der Waals surface area contributed by atoms with E-state index in [-0.39, 0.29) is 18.3 Å². The first-order chi connectivity index (χ1) is 10.0. The Morgan fingerprint density at radius 2 is 2.00 bits per heavy atom. The molecule has 0 aliphatic heterocycles. The highest BCUT2D eigenvalue weighted by molar-refractivity contribution is 6.01. The molecule has 0 saturated heterocycles. The fraction of sp³-hybridized carbons (Fsp3) is 0.188. The maximum Gasteiger partial charge on any atom is 0.259 e. The van der Waals surface area contributed by atoms with Gasteiger partial charge in [0.15, 0.2) is 0 Å². The molecule has 0 aromatic heterocycles. The van der Waals surface area contributed by atoms with Crippen LogP contribution < -0.4 is 10.5 Å². The van der Waals surface area contributed by atoms with E-state index >= 15 is 0 Å². The molecule has 2 N–H and O–H groups in total. The van der Waals surface area contributed by atoms with E-state index in [9.17, 15) is 9.18 Å². The van der Waals surface area contributed by atoms with Crippen molar-refractivity contribution in [1.29, 1.82) is 0 Å². The Bertz CT molecular complexity index is 658. The lowest BCUT2D eigenvalue weighted by molar-refractivity contribution is 0.0782. The number of nitrogens with two attached hydrogens (primary N) is 1. The molecule has 0 saturated carbocycles. The fourth-order valence-corrected chi connectivity index (χ4v) is 2.12. The molecule has 2 aromatic carbocycles. The van der Waals surface area contributed by atoms with Crippen molar-refractivity contribution in [3.63, 3.8) is 0 Å². The number of amides is 1. The van der Waals surface area contributed by atoms with Crippen molar-refractivity contribution in [1.82, 2.24) is 4.90 Å². The Morgan fingerprint density at radius 1 is 1.29 bits per heavy atom. The Hall–Kier alpha value is -2.56. The van der Waals surface area contributed by atoms with Gasteiger partial charge in [-0.3, -0.25) is 4.79 Å². The first-order valence-corrected chi connectivity index (χ1v) is 6.45. The number of rotatable bonds is 4. The number of methoxy groups -OCH3 is 1. The van der Waals surface area contributed by atoms with Crippen LogP contribution >= 0.6 is 0 Å². The predicted molar refractivity (Wildman–Crippen MR) is 79.6 cm³/mol. The third-order valence-corrected chi connectivity index (χ3v) is 3.15. The molecule has 0 fully saturated rings. The van der Waals surface area contributed by atoms with Crippen LogP contribution in [0.5, 0.6) is 5.75 Å². The summed E-state index contributed by atoms with van der Waals surface area (Å²) in [6, 6.07) is 11.2. The van der Waals surface area contributed by atoms with Gasteiger partial charge in [-0.15, -0.1) is 0 Å². The van der Waals surface area contributed by atoms with E-state index in [4.69, 9.17) is 10.5 Å². The fourth-order valence-electron chi connectivity index (χ4n) is 2.12. The van der Waals surface area contributed by atoms with Crippen LogP contribution in [0.15, 0.2) is 42.5 Å². The van der Waals surface area contributed by atoms with E-state index in [0.717, 1.165) is 0 Å². The van der Waals surface area contributed by atoms with Crippen molar-refractivity contribution in [3.05, 3.63) is 59.4 Å². The monoisotopic (exact) mass is 288 g/mol. The Kier molecular flexibility index (Phi) is 4.42. The summed E-state index contributed by atoms with van der Waals surface area (Å²) in [4.78, 5) is 14.0. The second kappa shape index (κ2) is 6.26. The van der Waals surface area contributed by atoms with Gasteiger partial charge in [-0.2, -0.15) is 0 Å². The van der Waals surface area contributed by atoms with E-state index in [1.54, 1.807) is 37.4 Å². The SMILES string of the molecule is COc1cccc(N)c1C(=O)N(C)Cc1cccc(F)c1. The lowest BCUT2D eigenvalue weighted by Gasteiger charge is -2.20. The molecule has 2 rings (SSSR count). The van der Waals surface area contributed by atoms with Gasteiger partial charge < -0.3 is 15.4 Å². The summed E-state index contributed by atoms with van der Waals surface area (Å²) >= 11 is 0. The molecule has 0 radical (unpaired) electrons. The maximum absolute atomic E-state index is 13.2. The van der Waals surface area contributed by atoms with Gasteiger partial charge >= 0.3 is 0 Å². The first-order valence-electron chi connectivity index (χ1n) is 6.45. The molecule has 2 aromatic rings. The van der Waals surface area contributed by atoms with Gasteiger partial charge in [0, 0.05) is 19.3 Å². The van der Waals surface area contributed by atoms with Crippen molar-refractivity contribution in [2.45, 2.75) is 6.54 Å². The molecule has 110 valence electrons. The molecular formula is C16H17FN2O2. The average Bonchev–Trinajstić information content (AvgIpc) is 2.46. The molecular weight excluding hydrogens is 271 g/mol. The summed E-state index contributed by atoms with van der Waals surface area (Å²) in [6.45, 7) is 0.286. The summed E-state index contributed by atoms with van der Waals surface area (Å²) in [7, 11) is 3.12. The normalized spacial score (nSPS) is 10.2. The zero-order chi connectivity index (χ0) is 15.4. The number of hydrogen-bond donors (Lipinski definition) is 1. The van der Waals surface area contributed by atoms with E-state index < -0.39 is 0 Å². The topological polar surface area (TPSA) is 55.6 Å². The van der Waals surface area contributed by atoms with Crippen LogP contribution in [-0.4, -0.2) is 25.0 Å². The molecule has 0 bridgehead atoms. The van der Waals surface area contributed by atoms with Crippen LogP contribution in [0.3, 0.4) is 0 Å². The van der Waals surface area contributed by atoms with Crippen LogP contribution in [0.25, 0.3) is 0 Å². The number of carbonyl (C=O) groups excluding carboxylic acids is 1. The molecule has 1 amide bonds. The minimum Gasteiger partial charge on any atom is -0.496 e. The zero-order valence-corrected chi connectivity index (χ0v) is 12.0. The highest BCUT2D eigenvalue weighted by Crippen LogP contribution is 2.25. The number of nitrogen functional groups attached to an aromatic ring is 1. The van der Waals surface area contributed by atoms with Crippen molar-refractivity contribution in [3.8, 4) is 5.75 Å². The third-order valence-electron chi connectivity index (χ3n) is 3.15. The molecule has 21 heavy (non-hydrogen) atoms. The van der Waals surface area contributed by atoms with Gasteiger partial charge in [-0.1, -0.05) is 18.2 Å². The quantitative estimate of drug-likeness (QED) is 0.880. The summed E-state index contributed by atoms with van der Waals surface area (Å²) in [5.41, 5.74) is 7.24. The number of anilines is 1. The first kappa shape index (κ1) is 14.8. The Morgan fingerprint density at radius 3 is 2.67 bits per heavy atom. The highest BCUT2D eigenvalue weighted by Gasteiger charge is 2.19. The van der Waals surface area contributed by atoms with Gasteiger partial charge in [-0.05, 0) is 29.8 Å². The second-order valence-electron chi connectivity index (χ2n) is 4.72. The smallest absolute Gasteiger partial charge is 0.259 e. The van der Waals surface area contributed by atoms with E-state index in [1.807, 2.05) is 0 Å². The van der Waals surface area contributed by atoms with Gasteiger partial charge in [0.05, 0.1) is 7.11 Å². The maximum atomic E-state index is 13.2. The number of nitrogens with zero attached hydrogens (tertiary/aromatic N) is 1. The average molecular weight is 288 g/mol. The van der Waals surface area contributed by atoms with Crippen LogP contribution in [0.2, 0.25) is 0 Å². The number of halogens is 1. The van der Waals surface area contributed by atoms with E-state index in [0.29, 0.717) is 22.6 Å². The minimum absolute atomic E-state index is 0.269. The largest absolute Gasteiger partial charge is 0.496 e. The van der Waals surface area contributed by atoms with Gasteiger partial charge in [0.1, 0.15) is 17.1 Å². The molecule has 0 atom stereocenters. The summed E-state index contributed by atoms with van der Waals surface area (Å²) < 4.78 is 18.4. The highest BCUT2D eigenvalue weighted by atomic mass is 19.1. The van der Waals surface area contributed by atoms with Gasteiger partial charge in [0.2, 0.25) is 0 Å². The number of benzene rings is 2. The van der Waals surface area contributed by atoms with Gasteiger partial charge in [-0.25, -0.2) is 4.39 Å². The number of hydrogen-bond acceptors (Lipinski definition) is 3. The van der Waals surface area contributed by atoms with E-state index in [2.05, 4.69) is 0 Å². The second-order valence-corrected chi connectivity index (χ2v) is 4.72. The standard InChI is InChI=1S/C16H17FN2O2/c1-19(10-11-5-3-6-12(17)9-11)16(20)15-13(18)7-4-8-14(15)21-2/h3-9H,10,18H2,1-2H3. The third kappa shape index (κ3) is 3.31. The molecule has 0 spiro atoms. The predicted octanol–water partition coefficient (Wildman–Crippen LogP) is 2.69. The molecule has 5 heteroatoms. The van der Waals surface area contributed by atoms with Crippen molar-refractivity contribution >= 4 is 11.6 Å². The minimum atomic E-state index is -0.329. The lowest BCUT2D eigenvalue weighted by Crippen LogP contribution is -2.27. The molecule has 0 heterocycles. The number of ether oxygens (including phenoxy) is 1. The Labute approximate surface area is 122 Å². The molecule has 0 unspecified atom stereocenters. The van der Waals surface area contributed by atoms with Crippen molar-refractivity contribution < 1.29 is 13.9 Å². The lowest BCUT2D eigenvalue weighted by atomic mass is 10.1. The van der Waals surface area contributed by atoms with Crippen LogP contribution in [-0.2, 0) is 6.54 Å². The van der Waals surface area contributed by atoms with Crippen molar-refractivity contribution in [2.24, 2.45) is 0 Å². The van der Waals surface area contributed by atoms with E-state index in [1.165, 1.54) is 24.1 Å². The van der Waals surface area contributed by atoms with Crippen LogP contribution in [0.4, 0.5) is 10.1 Å². The summed E-state index contributed by atoms with van der Waals surface area (Å²) in [5, 5.41) is 0.